The van der Waals surface area contributed by atoms with E-state index in [-0.39, 0.29) is 0 Å². The van der Waals surface area contributed by atoms with Gasteiger partial charge in [-0.1, -0.05) is 15.9 Å². The first kappa shape index (κ1) is 13.9. The molecular weight excluding hydrogens is 326 g/mol. The molecule has 1 saturated carbocycles. The molecule has 1 N–H and O–H groups in total. The zero-order valence-corrected chi connectivity index (χ0v) is 11.2. The Morgan fingerprint density at radius 3 is 2.47 bits per heavy atom. The second kappa shape index (κ2) is 4.84. The number of rotatable bonds is 4. The van der Waals surface area contributed by atoms with Gasteiger partial charge in [0.05, 0.1) is 16.5 Å². The van der Waals surface area contributed by atoms with Crippen molar-refractivity contribution in [3.63, 3.8) is 0 Å². The molecular formula is C11H9BrF2N2O3. The number of nitrogens with zero attached hydrogens (tertiary/aromatic N) is 1. The Balaban J connectivity index is 2.35. The van der Waals surface area contributed by atoms with Crippen LogP contribution < -0.4 is 5.32 Å². The first-order valence-electron chi connectivity index (χ1n) is 5.40. The number of nitro benzene ring substituents is 1. The summed E-state index contributed by atoms with van der Waals surface area (Å²) in [5.41, 5.74) is -1.66. The molecule has 0 aliphatic heterocycles. The summed E-state index contributed by atoms with van der Waals surface area (Å²) in [5.74, 6) is -3.42. The van der Waals surface area contributed by atoms with Crippen LogP contribution in [0.3, 0.4) is 0 Å². The summed E-state index contributed by atoms with van der Waals surface area (Å²) in [6, 6.07) is 0.963. The van der Waals surface area contributed by atoms with Crippen molar-refractivity contribution in [3.05, 3.63) is 39.4 Å². The summed E-state index contributed by atoms with van der Waals surface area (Å²) in [6.45, 7) is 0. The molecule has 0 spiro atoms. The van der Waals surface area contributed by atoms with Crippen LogP contribution in [0, 0.1) is 21.7 Å². The second-order valence-corrected chi connectivity index (χ2v) is 4.97. The Labute approximate surface area is 115 Å². The van der Waals surface area contributed by atoms with Gasteiger partial charge < -0.3 is 5.32 Å². The number of amides is 1. The minimum absolute atomic E-state index is 0.415. The maximum absolute atomic E-state index is 13.1. The molecule has 1 aromatic carbocycles. The number of alkyl halides is 1. The van der Waals surface area contributed by atoms with E-state index in [1.54, 1.807) is 0 Å². The number of carbonyl (C=O) groups is 1. The number of halogens is 3. The van der Waals surface area contributed by atoms with Gasteiger partial charge >= 0.3 is 0 Å². The average molecular weight is 335 g/mol. The third-order valence-electron chi connectivity index (χ3n) is 2.97. The van der Waals surface area contributed by atoms with E-state index in [2.05, 4.69) is 21.2 Å². The number of carbonyl (C=O) groups excluding carboxylic acids is 1. The molecule has 5 nitrogen and oxygen atoms in total. The molecule has 2 rings (SSSR count). The summed E-state index contributed by atoms with van der Waals surface area (Å²) >= 11 is 3.23. The van der Waals surface area contributed by atoms with E-state index in [1.165, 1.54) is 0 Å². The van der Waals surface area contributed by atoms with Crippen LogP contribution >= 0.6 is 15.9 Å². The minimum atomic E-state index is -1.36. The molecule has 1 fully saturated rings. The van der Waals surface area contributed by atoms with Crippen molar-refractivity contribution in [2.45, 2.75) is 18.4 Å². The van der Waals surface area contributed by atoms with E-state index in [9.17, 15) is 23.7 Å². The van der Waals surface area contributed by atoms with E-state index >= 15 is 0 Å². The number of benzene rings is 1. The molecule has 0 bridgehead atoms. The van der Waals surface area contributed by atoms with Crippen LogP contribution in [0.2, 0.25) is 0 Å². The van der Waals surface area contributed by atoms with Crippen molar-refractivity contribution in [1.82, 2.24) is 5.32 Å². The fourth-order valence-electron chi connectivity index (χ4n) is 1.62. The van der Waals surface area contributed by atoms with E-state index < -0.39 is 39.3 Å². The van der Waals surface area contributed by atoms with Gasteiger partial charge in [0.25, 0.3) is 11.6 Å². The summed E-state index contributed by atoms with van der Waals surface area (Å²) in [6.07, 6.45) is 1.48. The van der Waals surface area contributed by atoms with Gasteiger partial charge in [0.1, 0.15) is 5.56 Å². The summed E-state index contributed by atoms with van der Waals surface area (Å²) in [5, 5.41) is 13.9. The summed E-state index contributed by atoms with van der Waals surface area (Å²) < 4.78 is 26.1. The van der Waals surface area contributed by atoms with Crippen LogP contribution in [0.4, 0.5) is 14.5 Å². The van der Waals surface area contributed by atoms with Crippen molar-refractivity contribution < 1.29 is 18.5 Å². The number of nitro groups is 1. The van der Waals surface area contributed by atoms with Crippen LogP contribution in [0.5, 0.6) is 0 Å². The maximum atomic E-state index is 13.1. The molecule has 19 heavy (non-hydrogen) atoms. The predicted molar refractivity (Wildman–Crippen MR) is 66.2 cm³/mol. The largest absolute Gasteiger partial charge is 0.346 e. The van der Waals surface area contributed by atoms with Crippen molar-refractivity contribution in [2.24, 2.45) is 0 Å². The summed E-state index contributed by atoms with van der Waals surface area (Å²) in [4.78, 5) is 21.8. The highest BCUT2D eigenvalue weighted by Gasteiger charge is 2.43. The van der Waals surface area contributed by atoms with Gasteiger partial charge in [-0.3, -0.25) is 14.9 Å². The molecule has 1 amide bonds. The standard InChI is InChI=1S/C11H9BrF2N2O3/c12-5-11(1-2-11)15-10(17)6-3-7(13)8(14)4-9(6)16(18)19/h3-4H,1-2,5H2,(H,15,17). The fourth-order valence-corrected chi connectivity index (χ4v) is 2.32. The van der Waals surface area contributed by atoms with Gasteiger partial charge in [-0.15, -0.1) is 0 Å². The van der Waals surface area contributed by atoms with E-state index in [0.717, 1.165) is 12.8 Å². The molecule has 0 atom stereocenters. The molecule has 0 aromatic heterocycles. The van der Waals surface area contributed by atoms with Crippen LogP contribution in [-0.2, 0) is 0 Å². The quantitative estimate of drug-likeness (QED) is 0.522. The lowest BCUT2D eigenvalue weighted by Crippen LogP contribution is -2.38. The number of hydrogen-bond acceptors (Lipinski definition) is 3. The third kappa shape index (κ3) is 2.73. The first-order chi connectivity index (χ1) is 8.88. The molecule has 8 heteroatoms. The first-order valence-corrected chi connectivity index (χ1v) is 6.52. The van der Waals surface area contributed by atoms with Crippen molar-refractivity contribution >= 4 is 27.5 Å². The van der Waals surface area contributed by atoms with Gasteiger partial charge in [0.15, 0.2) is 11.6 Å². The number of nitrogens with one attached hydrogen (secondary N) is 1. The summed E-state index contributed by atoms with van der Waals surface area (Å²) in [7, 11) is 0. The highest BCUT2D eigenvalue weighted by atomic mass is 79.9. The van der Waals surface area contributed by atoms with Crippen LogP contribution in [0.1, 0.15) is 23.2 Å². The minimum Gasteiger partial charge on any atom is -0.346 e. The van der Waals surface area contributed by atoms with E-state index in [4.69, 9.17) is 0 Å². The topological polar surface area (TPSA) is 72.2 Å². The molecule has 1 aliphatic carbocycles. The lowest BCUT2D eigenvalue weighted by Gasteiger charge is -2.14. The second-order valence-electron chi connectivity index (χ2n) is 4.41. The van der Waals surface area contributed by atoms with E-state index in [0.29, 0.717) is 17.5 Å². The zero-order valence-electron chi connectivity index (χ0n) is 9.58. The lowest BCUT2D eigenvalue weighted by atomic mass is 10.1. The monoisotopic (exact) mass is 334 g/mol. The fraction of sp³-hybridized carbons (Fsp3) is 0.364. The smallest absolute Gasteiger partial charge is 0.285 e. The van der Waals surface area contributed by atoms with Crippen molar-refractivity contribution in [2.75, 3.05) is 5.33 Å². The van der Waals surface area contributed by atoms with Crippen LogP contribution in [0.25, 0.3) is 0 Å². The molecule has 1 aliphatic rings. The average Bonchev–Trinajstić information content (AvgIpc) is 3.12. The van der Waals surface area contributed by atoms with Gasteiger partial charge in [0.2, 0.25) is 0 Å². The molecule has 0 radical (unpaired) electrons. The van der Waals surface area contributed by atoms with Crippen molar-refractivity contribution in [3.8, 4) is 0 Å². The Morgan fingerprint density at radius 1 is 1.42 bits per heavy atom. The van der Waals surface area contributed by atoms with Gasteiger partial charge in [0, 0.05) is 5.33 Å². The molecule has 1 aromatic rings. The van der Waals surface area contributed by atoms with Gasteiger partial charge in [-0.2, -0.15) is 0 Å². The van der Waals surface area contributed by atoms with Gasteiger partial charge in [-0.05, 0) is 18.9 Å². The van der Waals surface area contributed by atoms with E-state index in [1.807, 2.05) is 0 Å². The molecule has 102 valence electrons. The number of hydrogen-bond donors (Lipinski definition) is 1. The Kier molecular flexibility index (Phi) is 3.53. The molecule has 0 unspecified atom stereocenters. The highest BCUT2D eigenvalue weighted by molar-refractivity contribution is 9.09. The molecule has 0 heterocycles. The zero-order chi connectivity index (χ0) is 14.2. The predicted octanol–water partition coefficient (Wildman–Crippen LogP) is 2.53. The normalized spacial score (nSPS) is 15.9. The Morgan fingerprint density at radius 2 is 2.00 bits per heavy atom. The van der Waals surface area contributed by atoms with Crippen LogP contribution in [0.15, 0.2) is 12.1 Å². The molecule has 0 saturated heterocycles. The SMILES string of the molecule is O=C(NC1(CBr)CC1)c1cc(F)c(F)cc1[N+](=O)[O-]. The highest BCUT2D eigenvalue weighted by Crippen LogP contribution is 2.37. The Hall–Kier alpha value is -1.57. The third-order valence-corrected chi connectivity index (χ3v) is 4.04. The van der Waals surface area contributed by atoms with Crippen molar-refractivity contribution in [1.29, 1.82) is 0 Å². The maximum Gasteiger partial charge on any atom is 0.285 e. The lowest BCUT2D eigenvalue weighted by molar-refractivity contribution is -0.385. The van der Waals surface area contributed by atoms with Crippen LogP contribution in [-0.4, -0.2) is 21.7 Å². The van der Waals surface area contributed by atoms with Gasteiger partial charge in [-0.25, -0.2) is 8.78 Å². The Bertz CT molecular complexity index is 561.